The van der Waals surface area contributed by atoms with Crippen LogP contribution in [0.3, 0.4) is 0 Å². The molecule has 0 aromatic heterocycles. The zero-order chi connectivity index (χ0) is 14.3. The average molecular weight is 350 g/mol. The molecule has 0 saturated heterocycles. The number of aliphatic carboxylic acids is 4. The Balaban J connectivity index is -0.000000241. The van der Waals surface area contributed by atoms with Crippen LogP contribution in [0.4, 0.5) is 0 Å². The van der Waals surface area contributed by atoms with Crippen molar-refractivity contribution >= 4 is 23.9 Å². The van der Waals surface area contributed by atoms with Crippen molar-refractivity contribution in [1.82, 2.24) is 0 Å². The molecular formula is C10H10Na4O8. The molecule has 0 aromatic carbocycles. The Bertz CT molecular complexity index is 333. The summed E-state index contributed by atoms with van der Waals surface area (Å²) in [6.45, 7) is 0. The largest absolute Gasteiger partial charge is 1.00 e. The van der Waals surface area contributed by atoms with E-state index in [4.69, 9.17) is 0 Å². The van der Waals surface area contributed by atoms with Crippen molar-refractivity contribution in [2.45, 2.75) is 32.1 Å². The van der Waals surface area contributed by atoms with Gasteiger partial charge in [-0.05, 0) is 37.5 Å². The van der Waals surface area contributed by atoms with Gasteiger partial charge in [-0.2, -0.15) is 0 Å². The summed E-state index contributed by atoms with van der Waals surface area (Å²) < 4.78 is 0. The van der Waals surface area contributed by atoms with E-state index in [9.17, 15) is 39.6 Å². The molecule has 0 spiro atoms. The number of carboxylic acid groups (broad SMARTS) is 4. The predicted octanol–water partition coefficient (Wildman–Crippen LogP) is -17.1. The Morgan fingerprint density at radius 3 is 1.05 bits per heavy atom. The van der Waals surface area contributed by atoms with E-state index in [0.29, 0.717) is 0 Å². The molecule has 0 unspecified atom stereocenters. The first kappa shape index (κ1) is 35.1. The summed E-state index contributed by atoms with van der Waals surface area (Å²) in [5.41, 5.74) is -1.81. The third-order valence-electron chi connectivity index (χ3n) is 2.42. The minimum atomic E-state index is -1.81. The molecule has 12 heteroatoms. The van der Waals surface area contributed by atoms with Gasteiger partial charge in [0.1, 0.15) is 0 Å². The van der Waals surface area contributed by atoms with Gasteiger partial charge in [0.25, 0.3) is 0 Å². The standard InChI is InChI=1S/C10H14O8.4Na/c11-6(12)1-2-10(3-7(13)14,4-8(15)16)5-9(17)18;;;;/h1-5H2,(H,11,12)(H,13,14)(H,15,16)(H,17,18);;;;/q;4*+1/p-4. The summed E-state index contributed by atoms with van der Waals surface area (Å²) in [7, 11) is 0. The van der Waals surface area contributed by atoms with Crippen LogP contribution in [0.5, 0.6) is 0 Å². The van der Waals surface area contributed by atoms with Crippen molar-refractivity contribution in [3.63, 3.8) is 0 Å². The van der Waals surface area contributed by atoms with Crippen LogP contribution >= 0.6 is 0 Å². The summed E-state index contributed by atoms with van der Waals surface area (Å²) in [6.07, 6.45) is -3.91. The molecule has 0 aromatic rings. The van der Waals surface area contributed by atoms with Gasteiger partial charge in [-0.3, -0.25) is 0 Å². The fraction of sp³-hybridized carbons (Fsp3) is 0.600. The minimum absolute atomic E-state index is 0. The van der Waals surface area contributed by atoms with Gasteiger partial charge >= 0.3 is 118 Å². The molecule has 8 nitrogen and oxygen atoms in total. The van der Waals surface area contributed by atoms with E-state index in [1.165, 1.54) is 0 Å². The molecule has 0 atom stereocenters. The van der Waals surface area contributed by atoms with Gasteiger partial charge in [0.15, 0.2) is 0 Å². The second-order valence-corrected chi connectivity index (χ2v) is 4.02. The maximum absolute atomic E-state index is 10.5. The van der Waals surface area contributed by atoms with Crippen LogP contribution in [0.1, 0.15) is 32.1 Å². The molecule has 0 radical (unpaired) electrons. The molecule has 0 aliphatic carbocycles. The van der Waals surface area contributed by atoms with E-state index in [1.807, 2.05) is 0 Å². The van der Waals surface area contributed by atoms with Crippen molar-refractivity contribution in [3.8, 4) is 0 Å². The first-order valence-corrected chi connectivity index (χ1v) is 4.96. The van der Waals surface area contributed by atoms with Gasteiger partial charge in [0.2, 0.25) is 0 Å². The molecule has 0 heterocycles. The Morgan fingerprint density at radius 1 is 0.591 bits per heavy atom. The molecule has 0 amide bonds. The fourth-order valence-electron chi connectivity index (χ4n) is 1.74. The number of carboxylic acids is 4. The summed E-state index contributed by atoms with van der Waals surface area (Å²) >= 11 is 0. The molecule has 0 aliphatic heterocycles. The maximum Gasteiger partial charge on any atom is 1.00 e. The summed E-state index contributed by atoms with van der Waals surface area (Å²) in [5.74, 6) is -6.60. The molecule has 0 bridgehead atoms. The molecular weight excluding hydrogens is 340 g/mol. The Hall–Kier alpha value is 1.88. The van der Waals surface area contributed by atoms with Crippen LogP contribution in [0.25, 0.3) is 0 Å². The number of hydrogen-bond acceptors (Lipinski definition) is 8. The van der Waals surface area contributed by atoms with E-state index >= 15 is 0 Å². The van der Waals surface area contributed by atoms with Crippen LogP contribution in [-0.2, 0) is 19.2 Å². The van der Waals surface area contributed by atoms with E-state index in [1.54, 1.807) is 0 Å². The van der Waals surface area contributed by atoms with Gasteiger partial charge < -0.3 is 39.6 Å². The summed E-state index contributed by atoms with van der Waals surface area (Å²) in [6, 6.07) is 0. The monoisotopic (exact) mass is 350 g/mol. The Kier molecular flexibility index (Phi) is 28.2. The molecule has 0 aliphatic rings. The van der Waals surface area contributed by atoms with Gasteiger partial charge in [0, 0.05) is 23.9 Å². The van der Waals surface area contributed by atoms with Crippen molar-refractivity contribution in [2.24, 2.45) is 5.41 Å². The first-order chi connectivity index (χ1) is 8.17. The van der Waals surface area contributed by atoms with E-state index < -0.39 is 61.4 Å². The van der Waals surface area contributed by atoms with Crippen LogP contribution in [-0.4, -0.2) is 23.9 Å². The van der Waals surface area contributed by atoms with Gasteiger partial charge in [-0.1, -0.05) is 0 Å². The van der Waals surface area contributed by atoms with Gasteiger partial charge in [0.05, 0.1) is 0 Å². The first-order valence-electron chi connectivity index (χ1n) is 4.96. The number of hydrogen-bond donors (Lipinski definition) is 0. The average Bonchev–Trinajstić information content (AvgIpc) is 2.11. The van der Waals surface area contributed by atoms with Crippen molar-refractivity contribution in [2.75, 3.05) is 0 Å². The van der Waals surface area contributed by atoms with E-state index in [0.717, 1.165) is 0 Å². The van der Waals surface area contributed by atoms with E-state index in [-0.39, 0.29) is 118 Å². The third kappa shape index (κ3) is 18.2. The zero-order valence-electron chi connectivity index (χ0n) is 13.3. The molecule has 0 N–H and O–H groups in total. The fourth-order valence-corrected chi connectivity index (χ4v) is 1.74. The van der Waals surface area contributed by atoms with Crippen LogP contribution < -0.4 is 139 Å². The predicted molar refractivity (Wildman–Crippen MR) is 45.5 cm³/mol. The topological polar surface area (TPSA) is 161 Å². The van der Waals surface area contributed by atoms with Gasteiger partial charge in [-0.25, -0.2) is 0 Å². The smallest absolute Gasteiger partial charge is 0.550 e. The Morgan fingerprint density at radius 2 is 0.864 bits per heavy atom. The van der Waals surface area contributed by atoms with Crippen molar-refractivity contribution in [3.05, 3.63) is 0 Å². The molecule has 0 rings (SSSR count). The van der Waals surface area contributed by atoms with E-state index in [2.05, 4.69) is 0 Å². The quantitative estimate of drug-likeness (QED) is 0.370. The zero-order valence-corrected chi connectivity index (χ0v) is 21.3. The third-order valence-corrected chi connectivity index (χ3v) is 2.42. The summed E-state index contributed by atoms with van der Waals surface area (Å²) in [4.78, 5) is 41.9. The van der Waals surface area contributed by atoms with Crippen LogP contribution in [0.15, 0.2) is 0 Å². The molecule has 0 saturated carbocycles. The normalized spacial score (nSPS) is 8.91. The number of rotatable bonds is 9. The molecule has 22 heavy (non-hydrogen) atoms. The van der Waals surface area contributed by atoms with Crippen molar-refractivity contribution < 1.29 is 158 Å². The SMILES string of the molecule is O=C([O-])CCC(CC(=O)[O-])(CC(=O)[O-])CC(=O)[O-].[Na+].[Na+].[Na+].[Na+]. The molecule has 102 valence electrons. The number of carbonyl (C=O) groups is 4. The van der Waals surface area contributed by atoms with Gasteiger partial charge in [-0.15, -0.1) is 0 Å². The second kappa shape index (κ2) is 17.7. The number of carbonyl (C=O) groups excluding carboxylic acids is 4. The van der Waals surface area contributed by atoms with Crippen molar-refractivity contribution in [1.29, 1.82) is 0 Å². The summed E-state index contributed by atoms with van der Waals surface area (Å²) in [5, 5.41) is 41.9. The maximum atomic E-state index is 10.5. The van der Waals surface area contributed by atoms with Crippen LogP contribution in [0.2, 0.25) is 0 Å². The molecule has 0 fully saturated rings. The second-order valence-electron chi connectivity index (χ2n) is 4.02. The van der Waals surface area contributed by atoms with Crippen LogP contribution in [0, 0.1) is 5.41 Å². The minimum Gasteiger partial charge on any atom is -0.550 e. The Labute approximate surface area is 216 Å².